The maximum Gasteiger partial charge on any atom is 0.340 e. The SMILES string of the molecule is C=CC1=C(N=C)C(F)(F)COC1=O. The lowest BCUT2D eigenvalue weighted by atomic mass is 10.1. The quantitative estimate of drug-likeness (QED) is 0.483. The largest absolute Gasteiger partial charge is 0.455 e. The molecule has 5 heteroatoms. The van der Waals surface area contributed by atoms with Gasteiger partial charge in [0.2, 0.25) is 0 Å². The summed E-state index contributed by atoms with van der Waals surface area (Å²) in [6.07, 6.45) is 0.986. The lowest BCUT2D eigenvalue weighted by Crippen LogP contribution is -2.34. The maximum atomic E-state index is 13.0. The van der Waals surface area contributed by atoms with Crippen molar-refractivity contribution in [2.75, 3.05) is 6.61 Å². The summed E-state index contributed by atoms with van der Waals surface area (Å²) in [4.78, 5) is 14.0. The maximum absolute atomic E-state index is 13.0. The third-order valence-corrected chi connectivity index (χ3v) is 1.57. The van der Waals surface area contributed by atoms with Gasteiger partial charge in [0.1, 0.15) is 5.70 Å². The molecule has 0 fully saturated rings. The number of nitrogens with zero attached hydrogens (tertiary/aromatic N) is 1. The number of carbonyl (C=O) groups excluding carboxylic acids is 1. The zero-order valence-corrected chi connectivity index (χ0v) is 6.72. The van der Waals surface area contributed by atoms with Gasteiger partial charge in [0.05, 0.1) is 5.57 Å². The highest BCUT2D eigenvalue weighted by atomic mass is 19.3. The number of carbonyl (C=O) groups is 1. The average molecular weight is 187 g/mol. The molecule has 0 unspecified atom stereocenters. The van der Waals surface area contributed by atoms with Gasteiger partial charge in [0.25, 0.3) is 0 Å². The second kappa shape index (κ2) is 3.08. The molecule has 1 heterocycles. The smallest absolute Gasteiger partial charge is 0.340 e. The number of rotatable bonds is 2. The number of hydrogen-bond acceptors (Lipinski definition) is 3. The Hall–Kier alpha value is -1.52. The molecule has 0 amide bonds. The highest BCUT2D eigenvalue weighted by Gasteiger charge is 2.43. The Bertz CT molecular complexity index is 307. The van der Waals surface area contributed by atoms with E-state index >= 15 is 0 Å². The molecular weight excluding hydrogens is 180 g/mol. The van der Waals surface area contributed by atoms with Crippen molar-refractivity contribution >= 4 is 12.7 Å². The lowest BCUT2D eigenvalue weighted by molar-refractivity contribution is -0.151. The van der Waals surface area contributed by atoms with E-state index in [4.69, 9.17) is 0 Å². The molecule has 0 N–H and O–H groups in total. The van der Waals surface area contributed by atoms with Crippen molar-refractivity contribution < 1.29 is 18.3 Å². The fourth-order valence-electron chi connectivity index (χ4n) is 0.977. The van der Waals surface area contributed by atoms with Gasteiger partial charge in [-0.2, -0.15) is 8.78 Å². The van der Waals surface area contributed by atoms with Crippen LogP contribution < -0.4 is 0 Å². The first kappa shape index (κ1) is 9.57. The van der Waals surface area contributed by atoms with Gasteiger partial charge in [-0.25, -0.2) is 4.79 Å². The number of esters is 1. The minimum absolute atomic E-state index is 0.328. The van der Waals surface area contributed by atoms with Crippen LogP contribution in [0.3, 0.4) is 0 Å². The number of aliphatic imine (C=N–C) groups is 1. The lowest BCUT2D eigenvalue weighted by Gasteiger charge is -2.23. The van der Waals surface area contributed by atoms with E-state index in [1.165, 1.54) is 0 Å². The van der Waals surface area contributed by atoms with Crippen LogP contribution in [0, 0.1) is 0 Å². The molecule has 0 radical (unpaired) electrons. The van der Waals surface area contributed by atoms with Gasteiger partial charge >= 0.3 is 11.9 Å². The Labute approximate surface area is 73.4 Å². The first-order chi connectivity index (χ1) is 6.03. The molecule has 0 atom stereocenters. The summed E-state index contributed by atoms with van der Waals surface area (Å²) in [5.41, 5.74) is -0.995. The number of hydrogen-bond donors (Lipinski definition) is 0. The summed E-state index contributed by atoms with van der Waals surface area (Å²) in [5, 5.41) is 0. The molecule has 0 spiro atoms. The molecule has 0 saturated carbocycles. The molecule has 1 rings (SSSR count). The van der Waals surface area contributed by atoms with E-state index in [2.05, 4.69) is 23.0 Å². The fourth-order valence-corrected chi connectivity index (χ4v) is 0.977. The van der Waals surface area contributed by atoms with E-state index in [-0.39, 0.29) is 5.57 Å². The van der Waals surface area contributed by atoms with Crippen molar-refractivity contribution in [3.05, 3.63) is 23.9 Å². The Morgan fingerprint density at radius 1 is 1.62 bits per heavy atom. The zero-order chi connectivity index (χ0) is 10.1. The summed E-state index contributed by atoms with van der Waals surface area (Å²) >= 11 is 0. The number of cyclic esters (lactones) is 1. The molecule has 1 aliphatic heterocycles. The Morgan fingerprint density at radius 3 is 2.62 bits per heavy atom. The van der Waals surface area contributed by atoms with Crippen LogP contribution in [0.1, 0.15) is 0 Å². The number of alkyl halides is 2. The van der Waals surface area contributed by atoms with Crippen molar-refractivity contribution in [2.45, 2.75) is 5.92 Å². The zero-order valence-electron chi connectivity index (χ0n) is 6.72. The summed E-state index contributed by atoms with van der Waals surface area (Å²) in [5.74, 6) is -4.11. The molecule has 0 aliphatic carbocycles. The second-order valence-electron chi connectivity index (χ2n) is 2.41. The molecule has 70 valence electrons. The van der Waals surface area contributed by atoms with E-state index in [1.807, 2.05) is 0 Å². The van der Waals surface area contributed by atoms with E-state index in [0.29, 0.717) is 0 Å². The summed E-state index contributed by atoms with van der Waals surface area (Å²) in [6, 6.07) is 0. The first-order valence-corrected chi connectivity index (χ1v) is 3.42. The van der Waals surface area contributed by atoms with Gasteiger partial charge < -0.3 is 4.74 Å². The van der Waals surface area contributed by atoms with Crippen molar-refractivity contribution in [3.8, 4) is 0 Å². The molecule has 0 saturated heterocycles. The van der Waals surface area contributed by atoms with Crippen molar-refractivity contribution in [2.24, 2.45) is 4.99 Å². The third-order valence-electron chi connectivity index (χ3n) is 1.57. The van der Waals surface area contributed by atoms with Crippen LogP contribution in [0.2, 0.25) is 0 Å². The minimum atomic E-state index is -3.26. The molecule has 0 aromatic rings. The molecular formula is C8H7F2NO2. The molecule has 13 heavy (non-hydrogen) atoms. The standard InChI is InChI=1S/C8H7F2NO2/c1-3-5-6(11-2)8(9,10)4-13-7(5)12/h3H,1-2,4H2. The predicted octanol–water partition coefficient (Wildman–Crippen LogP) is 1.32. The van der Waals surface area contributed by atoms with E-state index < -0.39 is 24.2 Å². The molecule has 3 nitrogen and oxygen atoms in total. The monoisotopic (exact) mass is 187 g/mol. The van der Waals surface area contributed by atoms with E-state index in [9.17, 15) is 13.6 Å². The van der Waals surface area contributed by atoms with Crippen LogP contribution in [-0.2, 0) is 9.53 Å². The van der Waals surface area contributed by atoms with Crippen LogP contribution in [0.4, 0.5) is 8.78 Å². The van der Waals surface area contributed by atoms with Crippen LogP contribution in [0.5, 0.6) is 0 Å². The van der Waals surface area contributed by atoms with Gasteiger partial charge in [-0.3, -0.25) is 4.99 Å². The summed E-state index contributed by atoms with van der Waals surface area (Å²) in [7, 11) is 0. The van der Waals surface area contributed by atoms with Gasteiger partial charge in [-0.15, -0.1) is 0 Å². The van der Waals surface area contributed by atoms with E-state index in [1.54, 1.807) is 0 Å². The van der Waals surface area contributed by atoms with Crippen molar-refractivity contribution in [1.29, 1.82) is 0 Å². The highest BCUT2D eigenvalue weighted by molar-refractivity contribution is 5.93. The molecule has 0 aromatic carbocycles. The number of halogens is 2. The molecule has 0 aromatic heterocycles. The average Bonchev–Trinajstić information content (AvgIpc) is 2.08. The predicted molar refractivity (Wildman–Crippen MR) is 42.7 cm³/mol. The van der Waals surface area contributed by atoms with Gasteiger partial charge in [-0.1, -0.05) is 12.7 Å². The Balaban J connectivity index is 3.29. The van der Waals surface area contributed by atoms with Crippen LogP contribution in [0.15, 0.2) is 28.9 Å². The molecule has 1 aliphatic rings. The van der Waals surface area contributed by atoms with Gasteiger partial charge in [0.15, 0.2) is 6.61 Å². The Morgan fingerprint density at radius 2 is 2.23 bits per heavy atom. The number of ether oxygens (including phenoxy) is 1. The second-order valence-corrected chi connectivity index (χ2v) is 2.41. The molecule has 0 bridgehead atoms. The van der Waals surface area contributed by atoms with Gasteiger partial charge in [0, 0.05) is 0 Å². The van der Waals surface area contributed by atoms with Crippen LogP contribution >= 0.6 is 0 Å². The first-order valence-electron chi connectivity index (χ1n) is 3.42. The highest BCUT2D eigenvalue weighted by Crippen LogP contribution is 2.32. The topological polar surface area (TPSA) is 38.7 Å². The normalized spacial score (nSPS) is 20.9. The third kappa shape index (κ3) is 1.49. The Kier molecular flexibility index (Phi) is 2.27. The fraction of sp³-hybridized carbons (Fsp3) is 0.250. The summed E-state index contributed by atoms with van der Waals surface area (Å²) in [6.45, 7) is 5.20. The van der Waals surface area contributed by atoms with Gasteiger partial charge in [-0.05, 0) is 6.72 Å². The minimum Gasteiger partial charge on any atom is -0.455 e. The van der Waals surface area contributed by atoms with Crippen LogP contribution in [0.25, 0.3) is 0 Å². The van der Waals surface area contributed by atoms with Crippen molar-refractivity contribution in [3.63, 3.8) is 0 Å². The van der Waals surface area contributed by atoms with E-state index in [0.717, 1.165) is 6.08 Å². The van der Waals surface area contributed by atoms with Crippen molar-refractivity contribution in [1.82, 2.24) is 0 Å². The van der Waals surface area contributed by atoms with Crippen LogP contribution in [-0.4, -0.2) is 25.2 Å². The summed E-state index contributed by atoms with van der Waals surface area (Å²) < 4.78 is 30.1.